The Kier molecular flexibility index (Phi) is 5.54. The fourth-order valence-corrected chi connectivity index (χ4v) is 2.93. The van der Waals surface area contributed by atoms with E-state index < -0.39 is 5.54 Å². The molecule has 2 N–H and O–H groups in total. The molecule has 1 aromatic heterocycles. The summed E-state index contributed by atoms with van der Waals surface area (Å²) in [7, 11) is 0. The smallest absolute Gasteiger partial charge is 0.246 e. The second kappa shape index (κ2) is 7.18. The van der Waals surface area contributed by atoms with Crippen molar-refractivity contribution in [2.75, 3.05) is 19.6 Å². The van der Waals surface area contributed by atoms with Gasteiger partial charge in [-0.1, -0.05) is 44.7 Å². The quantitative estimate of drug-likeness (QED) is 0.811. The van der Waals surface area contributed by atoms with Gasteiger partial charge < -0.3 is 15.2 Å². The summed E-state index contributed by atoms with van der Waals surface area (Å²) in [5.74, 6) is 1.44. The highest BCUT2D eigenvalue weighted by atomic mass is 16.5. The summed E-state index contributed by atoms with van der Waals surface area (Å²) in [5, 5.41) is 4.11. The van der Waals surface area contributed by atoms with Crippen molar-refractivity contribution in [3.8, 4) is 0 Å². The molecule has 114 valence electrons. The standard InChI is InChI=1S/C15H28N4O/c1-3-19(4-2)12-9-13-17-14(20-18-13)15(16)10-7-5-6-8-11-15/h3-12,16H2,1-2H3. The van der Waals surface area contributed by atoms with Gasteiger partial charge in [-0.3, -0.25) is 0 Å². The van der Waals surface area contributed by atoms with E-state index in [-0.39, 0.29) is 0 Å². The fraction of sp³-hybridized carbons (Fsp3) is 0.867. The van der Waals surface area contributed by atoms with Crippen molar-refractivity contribution in [3.63, 3.8) is 0 Å². The second-order valence-electron chi connectivity index (χ2n) is 5.86. The highest BCUT2D eigenvalue weighted by Crippen LogP contribution is 2.32. The predicted molar refractivity (Wildman–Crippen MR) is 79.4 cm³/mol. The Hall–Kier alpha value is -0.940. The van der Waals surface area contributed by atoms with Crippen LogP contribution in [0.15, 0.2) is 4.52 Å². The van der Waals surface area contributed by atoms with Gasteiger partial charge in [0.05, 0.1) is 5.54 Å². The zero-order valence-electron chi connectivity index (χ0n) is 12.9. The Balaban J connectivity index is 1.97. The molecule has 0 aromatic carbocycles. The Morgan fingerprint density at radius 2 is 1.80 bits per heavy atom. The number of likely N-dealkylation sites (N-methyl/N-ethyl adjacent to an activating group) is 1. The molecule has 1 aliphatic carbocycles. The van der Waals surface area contributed by atoms with Crippen LogP contribution in [-0.4, -0.2) is 34.7 Å². The van der Waals surface area contributed by atoms with Gasteiger partial charge >= 0.3 is 0 Å². The first-order valence-corrected chi connectivity index (χ1v) is 8.02. The first-order valence-electron chi connectivity index (χ1n) is 8.02. The predicted octanol–water partition coefficient (Wildman–Crippen LogP) is 2.46. The van der Waals surface area contributed by atoms with Crippen molar-refractivity contribution in [1.82, 2.24) is 15.0 Å². The summed E-state index contributed by atoms with van der Waals surface area (Å²) >= 11 is 0. The molecular formula is C15H28N4O. The van der Waals surface area contributed by atoms with Crippen molar-refractivity contribution in [3.05, 3.63) is 11.7 Å². The lowest BCUT2D eigenvalue weighted by atomic mass is 9.91. The van der Waals surface area contributed by atoms with Crippen LogP contribution in [0.2, 0.25) is 0 Å². The van der Waals surface area contributed by atoms with Crippen LogP contribution in [0.3, 0.4) is 0 Å². The van der Waals surface area contributed by atoms with Gasteiger partial charge in [0.25, 0.3) is 0 Å². The van der Waals surface area contributed by atoms with Crippen LogP contribution in [0, 0.1) is 0 Å². The van der Waals surface area contributed by atoms with Gasteiger partial charge in [-0.2, -0.15) is 4.98 Å². The van der Waals surface area contributed by atoms with Crippen LogP contribution >= 0.6 is 0 Å². The molecule has 5 heteroatoms. The number of aromatic nitrogens is 2. The van der Waals surface area contributed by atoms with Crippen LogP contribution in [0.5, 0.6) is 0 Å². The van der Waals surface area contributed by atoms with Gasteiger partial charge in [-0.25, -0.2) is 0 Å². The van der Waals surface area contributed by atoms with E-state index in [4.69, 9.17) is 10.3 Å². The lowest BCUT2D eigenvalue weighted by Crippen LogP contribution is -2.36. The minimum Gasteiger partial charge on any atom is -0.337 e. The minimum absolute atomic E-state index is 0.392. The molecule has 0 aliphatic heterocycles. The van der Waals surface area contributed by atoms with Crippen molar-refractivity contribution < 1.29 is 4.52 Å². The van der Waals surface area contributed by atoms with E-state index >= 15 is 0 Å². The first-order chi connectivity index (χ1) is 9.68. The topological polar surface area (TPSA) is 68.2 Å². The molecule has 0 atom stereocenters. The third kappa shape index (κ3) is 3.79. The molecule has 1 heterocycles. The highest BCUT2D eigenvalue weighted by Gasteiger charge is 2.34. The number of nitrogens with two attached hydrogens (primary N) is 1. The van der Waals surface area contributed by atoms with Crippen LogP contribution in [0.4, 0.5) is 0 Å². The molecule has 2 rings (SSSR count). The molecule has 0 spiro atoms. The second-order valence-corrected chi connectivity index (χ2v) is 5.86. The summed E-state index contributed by atoms with van der Waals surface area (Å²) in [6.45, 7) is 7.44. The van der Waals surface area contributed by atoms with Crippen LogP contribution in [0.25, 0.3) is 0 Å². The Bertz CT molecular complexity index is 392. The molecule has 1 saturated carbocycles. The molecule has 1 aromatic rings. The summed E-state index contributed by atoms with van der Waals surface area (Å²) in [6, 6.07) is 0. The summed E-state index contributed by atoms with van der Waals surface area (Å²) in [6.07, 6.45) is 7.61. The number of hydrogen-bond donors (Lipinski definition) is 1. The molecule has 20 heavy (non-hydrogen) atoms. The van der Waals surface area contributed by atoms with Gasteiger partial charge in [0.2, 0.25) is 5.89 Å². The lowest BCUT2D eigenvalue weighted by Gasteiger charge is -2.22. The highest BCUT2D eigenvalue weighted by molar-refractivity contribution is 5.03. The van der Waals surface area contributed by atoms with Gasteiger partial charge in [0, 0.05) is 13.0 Å². The SMILES string of the molecule is CCN(CC)CCc1noc(C2(N)CCCCCC2)n1. The van der Waals surface area contributed by atoms with E-state index in [0.29, 0.717) is 5.89 Å². The molecule has 0 radical (unpaired) electrons. The Morgan fingerprint density at radius 3 is 2.40 bits per heavy atom. The number of hydrogen-bond acceptors (Lipinski definition) is 5. The van der Waals surface area contributed by atoms with Crippen LogP contribution < -0.4 is 5.73 Å². The van der Waals surface area contributed by atoms with E-state index in [2.05, 4.69) is 28.9 Å². The van der Waals surface area contributed by atoms with Gasteiger partial charge in [0.1, 0.15) is 0 Å². The molecule has 0 amide bonds. The Morgan fingerprint density at radius 1 is 1.15 bits per heavy atom. The zero-order valence-corrected chi connectivity index (χ0v) is 12.9. The van der Waals surface area contributed by atoms with E-state index in [1.165, 1.54) is 12.8 Å². The molecule has 0 bridgehead atoms. The van der Waals surface area contributed by atoms with Crippen molar-refractivity contribution in [2.24, 2.45) is 5.73 Å². The molecule has 1 aliphatic rings. The lowest BCUT2D eigenvalue weighted by molar-refractivity contribution is 0.255. The maximum Gasteiger partial charge on any atom is 0.246 e. The third-order valence-electron chi connectivity index (χ3n) is 4.44. The third-order valence-corrected chi connectivity index (χ3v) is 4.44. The van der Waals surface area contributed by atoms with E-state index in [1.807, 2.05) is 0 Å². The van der Waals surface area contributed by atoms with E-state index in [1.54, 1.807) is 0 Å². The monoisotopic (exact) mass is 280 g/mol. The summed E-state index contributed by atoms with van der Waals surface area (Å²) < 4.78 is 5.46. The normalized spacial score (nSPS) is 19.2. The average Bonchev–Trinajstić information content (AvgIpc) is 2.83. The first kappa shape index (κ1) is 15.4. The van der Waals surface area contributed by atoms with Gasteiger partial charge in [-0.05, 0) is 25.9 Å². The largest absolute Gasteiger partial charge is 0.337 e. The Labute approximate surface area is 121 Å². The minimum atomic E-state index is -0.392. The van der Waals surface area contributed by atoms with Crippen molar-refractivity contribution >= 4 is 0 Å². The number of nitrogens with zero attached hydrogens (tertiary/aromatic N) is 3. The van der Waals surface area contributed by atoms with Gasteiger partial charge in [0.15, 0.2) is 5.82 Å². The van der Waals surface area contributed by atoms with Gasteiger partial charge in [-0.15, -0.1) is 0 Å². The summed E-state index contributed by atoms with van der Waals surface area (Å²) in [4.78, 5) is 6.92. The van der Waals surface area contributed by atoms with Crippen LogP contribution in [-0.2, 0) is 12.0 Å². The average molecular weight is 280 g/mol. The molecule has 0 unspecified atom stereocenters. The number of rotatable bonds is 6. The maximum atomic E-state index is 6.50. The fourth-order valence-electron chi connectivity index (χ4n) is 2.93. The molecule has 0 saturated heterocycles. The van der Waals surface area contributed by atoms with Crippen molar-refractivity contribution in [2.45, 2.75) is 64.3 Å². The van der Waals surface area contributed by atoms with E-state index in [9.17, 15) is 0 Å². The maximum absolute atomic E-state index is 6.50. The molecule has 5 nitrogen and oxygen atoms in total. The van der Waals surface area contributed by atoms with E-state index in [0.717, 1.165) is 57.6 Å². The summed E-state index contributed by atoms with van der Waals surface area (Å²) in [5.41, 5.74) is 6.10. The molecular weight excluding hydrogens is 252 g/mol. The molecule has 1 fully saturated rings. The zero-order chi connectivity index (χ0) is 14.4. The van der Waals surface area contributed by atoms with Crippen molar-refractivity contribution in [1.29, 1.82) is 0 Å². The van der Waals surface area contributed by atoms with Crippen LogP contribution in [0.1, 0.15) is 64.1 Å².